The van der Waals surface area contributed by atoms with Gasteiger partial charge in [-0.2, -0.15) is 0 Å². The van der Waals surface area contributed by atoms with Crippen molar-refractivity contribution >= 4 is 5.97 Å². The molecule has 0 atom stereocenters. The third-order valence-electron chi connectivity index (χ3n) is 3.17. The van der Waals surface area contributed by atoms with Crippen molar-refractivity contribution in [2.24, 2.45) is 0 Å². The highest BCUT2D eigenvalue weighted by atomic mass is 16.5. The topological polar surface area (TPSA) is 98.0 Å². The molecule has 0 spiro atoms. The largest absolute Gasteiger partial charge is 0.507 e. The molecule has 0 amide bonds. The lowest BCUT2D eigenvalue weighted by atomic mass is 10.2. The second kappa shape index (κ2) is 6.21. The van der Waals surface area contributed by atoms with Gasteiger partial charge in [0.1, 0.15) is 11.5 Å². The maximum absolute atomic E-state index is 12.0. The molecule has 0 saturated carbocycles. The summed E-state index contributed by atoms with van der Waals surface area (Å²) in [6.45, 7) is -0.0288. The summed E-state index contributed by atoms with van der Waals surface area (Å²) < 4.78 is 10.6. The van der Waals surface area contributed by atoms with E-state index in [1.807, 2.05) is 0 Å². The second-order valence-electron chi connectivity index (χ2n) is 4.46. The molecular formula is C15H15NO6. The lowest BCUT2D eigenvalue weighted by Gasteiger charge is -2.14. The average Bonchev–Trinajstić information content (AvgIpc) is 2.51. The Morgan fingerprint density at radius 3 is 2.55 bits per heavy atom. The first-order chi connectivity index (χ1) is 10.5. The van der Waals surface area contributed by atoms with Gasteiger partial charge in [-0.3, -0.25) is 9.36 Å². The van der Waals surface area contributed by atoms with Crippen molar-refractivity contribution in [3.63, 3.8) is 0 Å². The summed E-state index contributed by atoms with van der Waals surface area (Å²) in [5.74, 6) is -1.71. The summed E-state index contributed by atoms with van der Waals surface area (Å²) in [6, 6.07) is 7.79. The second-order valence-corrected chi connectivity index (χ2v) is 4.46. The van der Waals surface area contributed by atoms with Gasteiger partial charge in [0.05, 0.1) is 20.8 Å². The first-order valence-electron chi connectivity index (χ1n) is 6.35. The molecule has 0 radical (unpaired) electrons. The quantitative estimate of drug-likeness (QED) is 0.821. The van der Waals surface area contributed by atoms with E-state index in [1.165, 1.54) is 7.11 Å². The summed E-state index contributed by atoms with van der Waals surface area (Å²) in [6.07, 6.45) is 0. The van der Waals surface area contributed by atoms with Gasteiger partial charge in [-0.15, -0.1) is 0 Å². The van der Waals surface area contributed by atoms with Crippen LogP contribution in [0.4, 0.5) is 0 Å². The molecule has 116 valence electrons. The van der Waals surface area contributed by atoms with E-state index >= 15 is 0 Å². The van der Waals surface area contributed by atoms with E-state index in [4.69, 9.17) is 4.74 Å². The van der Waals surface area contributed by atoms with Gasteiger partial charge in [-0.1, -0.05) is 18.2 Å². The Balaban J connectivity index is 2.56. The number of esters is 1. The smallest absolute Gasteiger partial charge is 0.347 e. The van der Waals surface area contributed by atoms with Gasteiger partial charge in [0.15, 0.2) is 5.56 Å². The van der Waals surface area contributed by atoms with Crippen LogP contribution in [0.2, 0.25) is 0 Å². The summed E-state index contributed by atoms with van der Waals surface area (Å²) in [5, 5.41) is 19.8. The van der Waals surface area contributed by atoms with Gasteiger partial charge in [0.25, 0.3) is 5.56 Å². The van der Waals surface area contributed by atoms with Crippen LogP contribution in [0.1, 0.15) is 15.9 Å². The van der Waals surface area contributed by atoms with Crippen LogP contribution >= 0.6 is 0 Å². The molecule has 2 aromatic rings. The predicted molar refractivity (Wildman–Crippen MR) is 77.5 cm³/mol. The fraction of sp³-hybridized carbons (Fsp3) is 0.200. The number of hydrogen-bond donors (Lipinski definition) is 2. The van der Waals surface area contributed by atoms with Crippen molar-refractivity contribution in [1.29, 1.82) is 0 Å². The maximum Gasteiger partial charge on any atom is 0.347 e. The molecule has 7 heteroatoms. The van der Waals surface area contributed by atoms with E-state index in [-0.39, 0.29) is 6.54 Å². The van der Waals surface area contributed by atoms with Crippen LogP contribution in [0.3, 0.4) is 0 Å². The zero-order chi connectivity index (χ0) is 16.3. The minimum absolute atomic E-state index is 0.0288. The molecule has 1 aromatic carbocycles. The number of rotatable bonds is 4. The van der Waals surface area contributed by atoms with Crippen molar-refractivity contribution in [2.75, 3.05) is 14.2 Å². The van der Waals surface area contributed by atoms with Crippen LogP contribution < -0.4 is 10.3 Å². The van der Waals surface area contributed by atoms with E-state index in [2.05, 4.69) is 4.74 Å². The Morgan fingerprint density at radius 1 is 1.23 bits per heavy atom. The van der Waals surface area contributed by atoms with E-state index < -0.39 is 28.7 Å². The first-order valence-corrected chi connectivity index (χ1v) is 6.35. The number of carbonyl (C=O) groups excluding carboxylic acids is 1. The van der Waals surface area contributed by atoms with E-state index in [0.29, 0.717) is 11.3 Å². The number of nitrogens with zero attached hydrogens (tertiary/aromatic N) is 1. The molecule has 0 fully saturated rings. The van der Waals surface area contributed by atoms with Gasteiger partial charge in [-0.05, 0) is 6.07 Å². The standard InChI is InChI=1S/C15H15NO6/c1-21-11-6-4-3-5-9(11)8-16-12(18)7-10(17)13(14(16)19)15(20)22-2/h3-7,17,19H,8H2,1-2H3. The predicted octanol–water partition coefficient (Wildman–Crippen LogP) is 1.10. The van der Waals surface area contributed by atoms with Gasteiger partial charge < -0.3 is 19.7 Å². The molecule has 0 aliphatic carbocycles. The van der Waals surface area contributed by atoms with Crippen LogP contribution in [0.15, 0.2) is 35.1 Å². The molecule has 0 aliphatic heterocycles. The van der Waals surface area contributed by atoms with Crippen LogP contribution in [0, 0.1) is 0 Å². The van der Waals surface area contributed by atoms with Crippen LogP contribution in [0.5, 0.6) is 17.4 Å². The molecule has 0 bridgehead atoms. The Kier molecular flexibility index (Phi) is 4.36. The van der Waals surface area contributed by atoms with Crippen molar-refractivity contribution in [3.05, 3.63) is 51.8 Å². The average molecular weight is 305 g/mol. The molecular weight excluding hydrogens is 290 g/mol. The number of carbonyl (C=O) groups is 1. The monoisotopic (exact) mass is 305 g/mol. The molecule has 1 heterocycles. The van der Waals surface area contributed by atoms with Crippen molar-refractivity contribution in [3.8, 4) is 17.4 Å². The Morgan fingerprint density at radius 2 is 1.91 bits per heavy atom. The van der Waals surface area contributed by atoms with Crippen LogP contribution in [0.25, 0.3) is 0 Å². The van der Waals surface area contributed by atoms with Crippen molar-refractivity contribution in [2.45, 2.75) is 6.54 Å². The molecule has 0 aliphatic rings. The summed E-state index contributed by atoms with van der Waals surface area (Å²) in [7, 11) is 2.59. The van der Waals surface area contributed by atoms with Crippen LogP contribution in [-0.2, 0) is 11.3 Å². The minimum atomic E-state index is -0.941. The number of aromatic hydroxyl groups is 2. The van der Waals surface area contributed by atoms with E-state index in [9.17, 15) is 19.8 Å². The highest BCUT2D eigenvalue weighted by Crippen LogP contribution is 2.27. The van der Waals surface area contributed by atoms with E-state index in [0.717, 1.165) is 17.7 Å². The number of benzene rings is 1. The zero-order valence-electron chi connectivity index (χ0n) is 12.1. The summed E-state index contributed by atoms with van der Waals surface area (Å²) in [4.78, 5) is 23.6. The van der Waals surface area contributed by atoms with Gasteiger partial charge in [-0.25, -0.2) is 4.79 Å². The fourth-order valence-electron chi connectivity index (χ4n) is 2.08. The molecule has 0 saturated heterocycles. The maximum atomic E-state index is 12.0. The van der Waals surface area contributed by atoms with Crippen molar-refractivity contribution < 1.29 is 24.5 Å². The Hall–Kier alpha value is -2.96. The zero-order valence-corrected chi connectivity index (χ0v) is 12.1. The van der Waals surface area contributed by atoms with Crippen molar-refractivity contribution in [1.82, 2.24) is 4.57 Å². The molecule has 1 aromatic heterocycles. The Bertz CT molecular complexity index is 765. The molecule has 22 heavy (non-hydrogen) atoms. The molecule has 0 unspecified atom stereocenters. The summed E-state index contributed by atoms with van der Waals surface area (Å²) >= 11 is 0. The normalized spacial score (nSPS) is 10.3. The molecule has 7 nitrogen and oxygen atoms in total. The lowest BCUT2D eigenvalue weighted by molar-refractivity contribution is 0.0592. The number of aromatic nitrogens is 1. The first kappa shape index (κ1) is 15.4. The number of ether oxygens (including phenoxy) is 2. The number of pyridine rings is 1. The third kappa shape index (κ3) is 2.73. The highest BCUT2D eigenvalue weighted by molar-refractivity contribution is 5.94. The molecule has 2 N–H and O–H groups in total. The molecule has 2 rings (SSSR count). The highest BCUT2D eigenvalue weighted by Gasteiger charge is 2.22. The van der Waals surface area contributed by atoms with Gasteiger partial charge >= 0.3 is 5.97 Å². The minimum Gasteiger partial charge on any atom is -0.507 e. The van der Waals surface area contributed by atoms with Gasteiger partial charge in [0.2, 0.25) is 5.88 Å². The van der Waals surface area contributed by atoms with Gasteiger partial charge in [0, 0.05) is 11.6 Å². The SMILES string of the molecule is COC(=O)c1c(O)cc(=O)n(Cc2ccccc2OC)c1O. The third-order valence-corrected chi connectivity index (χ3v) is 3.17. The fourth-order valence-corrected chi connectivity index (χ4v) is 2.08. The number of hydrogen-bond acceptors (Lipinski definition) is 6. The Labute approximate surface area is 126 Å². The van der Waals surface area contributed by atoms with Crippen LogP contribution in [-0.4, -0.2) is 35.0 Å². The van der Waals surface area contributed by atoms with E-state index in [1.54, 1.807) is 24.3 Å². The number of methoxy groups -OCH3 is 2. The summed E-state index contributed by atoms with van der Waals surface area (Å²) in [5.41, 5.74) is -0.491. The number of para-hydroxylation sites is 1. The lowest BCUT2D eigenvalue weighted by Crippen LogP contribution is -2.22.